The maximum absolute atomic E-state index is 12.8. The van der Waals surface area contributed by atoms with Gasteiger partial charge in [0.15, 0.2) is 12.6 Å². The zero-order chi connectivity index (χ0) is 40.4. The standard InChI is InChI=1S/C29H48O25/c1-47-28(26(43)44)3-11(52-29(27(45)46)2-8(34)14(37)20(53-29)9(35)4-30)23(21(54-28)10(36)5-31)51-25-19(42)17(40)22(13(7-33)49-25)50-24-18(41)16(39)15(38)12(6-32)48-24/h8-25,30-42H,2-7H2,1H3,(H,43,44)(H,45,46)/t8-,9-,10-,11-,12-,13-,14-,15-,16+,17-,18-,19-,20-,21-,22-,23-,24+,25-,28-,29-/m1/s1. The molecule has 25 nitrogen and oxygen atoms in total. The van der Waals surface area contributed by atoms with Gasteiger partial charge >= 0.3 is 11.9 Å². The van der Waals surface area contributed by atoms with Gasteiger partial charge in [-0.1, -0.05) is 0 Å². The molecule has 0 unspecified atom stereocenters. The number of aliphatic carboxylic acids is 2. The molecule has 15 N–H and O–H groups in total. The average molecular weight is 797 g/mol. The normalized spacial score (nSPS) is 47.1. The number of carbonyl (C=O) groups is 2. The molecular formula is C29H48O25. The lowest BCUT2D eigenvalue weighted by Gasteiger charge is -2.51. The molecule has 4 heterocycles. The Labute approximate surface area is 304 Å². The van der Waals surface area contributed by atoms with Gasteiger partial charge < -0.3 is 114 Å². The molecule has 0 saturated carbocycles. The first kappa shape index (κ1) is 44.8. The fourth-order valence-corrected chi connectivity index (χ4v) is 6.65. The van der Waals surface area contributed by atoms with Crippen molar-refractivity contribution in [2.45, 2.75) is 135 Å². The number of ether oxygens (including phenoxy) is 8. The maximum Gasteiger partial charge on any atom is 0.364 e. The van der Waals surface area contributed by atoms with Crippen LogP contribution in [0.15, 0.2) is 0 Å². The lowest BCUT2D eigenvalue weighted by Crippen LogP contribution is -2.69. The Morgan fingerprint density at radius 3 is 1.67 bits per heavy atom. The lowest BCUT2D eigenvalue weighted by molar-refractivity contribution is -0.400. The van der Waals surface area contributed by atoms with Gasteiger partial charge in [0.25, 0.3) is 11.6 Å². The van der Waals surface area contributed by atoms with Crippen molar-refractivity contribution in [1.82, 2.24) is 0 Å². The van der Waals surface area contributed by atoms with Gasteiger partial charge in [0.1, 0.15) is 85.5 Å². The van der Waals surface area contributed by atoms with Crippen LogP contribution in [0.4, 0.5) is 0 Å². The molecule has 4 aliphatic rings. The topological polar surface area (TPSA) is 411 Å². The van der Waals surface area contributed by atoms with E-state index in [0.29, 0.717) is 0 Å². The van der Waals surface area contributed by atoms with Crippen LogP contribution in [-0.2, 0) is 47.5 Å². The van der Waals surface area contributed by atoms with Gasteiger partial charge in [-0.25, -0.2) is 9.59 Å². The molecule has 314 valence electrons. The molecule has 20 atom stereocenters. The van der Waals surface area contributed by atoms with Gasteiger partial charge in [-0.2, -0.15) is 0 Å². The third-order valence-corrected chi connectivity index (χ3v) is 9.73. The summed E-state index contributed by atoms with van der Waals surface area (Å²) >= 11 is 0. The highest BCUT2D eigenvalue weighted by atomic mass is 16.8. The van der Waals surface area contributed by atoms with Gasteiger partial charge in [0.05, 0.1) is 38.6 Å². The van der Waals surface area contributed by atoms with Crippen molar-refractivity contribution in [3.05, 3.63) is 0 Å². The third kappa shape index (κ3) is 8.66. The second kappa shape index (κ2) is 18.1. The number of hydrogen-bond donors (Lipinski definition) is 15. The van der Waals surface area contributed by atoms with E-state index >= 15 is 0 Å². The van der Waals surface area contributed by atoms with E-state index in [-0.39, 0.29) is 0 Å². The summed E-state index contributed by atoms with van der Waals surface area (Å²) in [6, 6.07) is 0. The summed E-state index contributed by atoms with van der Waals surface area (Å²) in [5, 5.41) is 154. The van der Waals surface area contributed by atoms with E-state index in [4.69, 9.17) is 37.9 Å². The summed E-state index contributed by atoms with van der Waals surface area (Å²) in [5.74, 6) is -9.79. The van der Waals surface area contributed by atoms with E-state index in [1.807, 2.05) is 0 Å². The quantitative estimate of drug-likeness (QED) is 0.0731. The first-order chi connectivity index (χ1) is 25.3. The van der Waals surface area contributed by atoms with Crippen molar-refractivity contribution in [3.63, 3.8) is 0 Å². The molecule has 25 heteroatoms. The van der Waals surface area contributed by atoms with Crippen LogP contribution < -0.4 is 0 Å². The average Bonchev–Trinajstić information content (AvgIpc) is 3.15. The van der Waals surface area contributed by atoms with Crippen LogP contribution >= 0.6 is 0 Å². The molecule has 0 aliphatic carbocycles. The monoisotopic (exact) mass is 796 g/mol. The summed E-state index contributed by atoms with van der Waals surface area (Å²) in [7, 11) is 0.846. The van der Waals surface area contributed by atoms with E-state index in [0.717, 1.165) is 7.11 Å². The van der Waals surface area contributed by atoms with E-state index in [2.05, 4.69) is 0 Å². The fraction of sp³-hybridized carbons (Fsp3) is 0.931. The Balaban J connectivity index is 1.70. The minimum atomic E-state index is -3.10. The Morgan fingerprint density at radius 2 is 1.15 bits per heavy atom. The highest BCUT2D eigenvalue weighted by Crippen LogP contribution is 2.42. The maximum atomic E-state index is 12.8. The second-order valence-corrected chi connectivity index (χ2v) is 13.2. The van der Waals surface area contributed by atoms with Crippen molar-refractivity contribution < 1.29 is 124 Å². The SMILES string of the molecule is CO[C@]1(C(=O)O)C[C@@H](O[C@]2(C(=O)O)C[C@@H](O)[C@@H](O)[C@@H]([C@H](O)CO)O2)[C@@H](O[C@H]2O[C@H](CO)[C@@H](O[C@@H]3O[C@H](CO)[C@@H](O)[C@H](O)[C@H]3O)[C@H](O)[C@H]2O)[C@@H]([C@H](O)CO)O1. The Bertz CT molecular complexity index is 1240. The van der Waals surface area contributed by atoms with Gasteiger partial charge in [0.2, 0.25) is 0 Å². The van der Waals surface area contributed by atoms with Gasteiger partial charge in [-0.3, -0.25) is 0 Å². The Kier molecular flexibility index (Phi) is 15.0. The van der Waals surface area contributed by atoms with Crippen LogP contribution in [0.2, 0.25) is 0 Å². The van der Waals surface area contributed by atoms with Crippen LogP contribution in [0.1, 0.15) is 12.8 Å². The van der Waals surface area contributed by atoms with Gasteiger partial charge in [0, 0.05) is 20.0 Å². The van der Waals surface area contributed by atoms with Crippen LogP contribution in [0.3, 0.4) is 0 Å². The highest BCUT2D eigenvalue weighted by molar-refractivity contribution is 5.77. The molecule has 0 bridgehead atoms. The van der Waals surface area contributed by atoms with Crippen molar-refractivity contribution in [2.24, 2.45) is 0 Å². The summed E-state index contributed by atoms with van der Waals surface area (Å²) in [5.41, 5.74) is 0. The first-order valence-electron chi connectivity index (χ1n) is 16.6. The molecule has 0 amide bonds. The van der Waals surface area contributed by atoms with Crippen LogP contribution in [0.5, 0.6) is 0 Å². The number of rotatable bonds is 15. The van der Waals surface area contributed by atoms with Crippen LogP contribution in [0.25, 0.3) is 0 Å². The van der Waals surface area contributed by atoms with E-state index < -0.39 is 173 Å². The number of methoxy groups -OCH3 is 1. The summed E-state index contributed by atoms with van der Waals surface area (Å²) < 4.78 is 44.0. The fourth-order valence-electron chi connectivity index (χ4n) is 6.65. The summed E-state index contributed by atoms with van der Waals surface area (Å²) in [4.78, 5) is 25.2. The number of aliphatic hydroxyl groups is 13. The molecule has 0 spiro atoms. The van der Waals surface area contributed by atoms with E-state index in [1.54, 1.807) is 0 Å². The van der Waals surface area contributed by atoms with Crippen LogP contribution in [-0.4, -0.2) is 244 Å². The lowest BCUT2D eigenvalue weighted by atomic mass is 9.89. The zero-order valence-electron chi connectivity index (χ0n) is 28.4. The molecule has 4 saturated heterocycles. The van der Waals surface area contributed by atoms with Crippen molar-refractivity contribution in [3.8, 4) is 0 Å². The Morgan fingerprint density at radius 1 is 0.648 bits per heavy atom. The van der Waals surface area contributed by atoms with Crippen LogP contribution in [0, 0.1) is 0 Å². The van der Waals surface area contributed by atoms with Gasteiger partial charge in [-0.15, -0.1) is 0 Å². The predicted molar refractivity (Wildman–Crippen MR) is 161 cm³/mol. The number of carboxylic acid groups (broad SMARTS) is 2. The second-order valence-electron chi connectivity index (χ2n) is 13.2. The largest absolute Gasteiger partial charge is 0.477 e. The molecule has 0 aromatic rings. The predicted octanol–water partition coefficient (Wildman–Crippen LogP) is -9.40. The molecule has 4 fully saturated rings. The smallest absolute Gasteiger partial charge is 0.364 e. The van der Waals surface area contributed by atoms with E-state index in [1.165, 1.54) is 0 Å². The van der Waals surface area contributed by atoms with Crippen molar-refractivity contribution in [2.75, 3.05) is 33.5 Å². The minimum absolute atomic E-state index is 0.846. The third-order valence-electron chi connectivity index (χ3n) is 9.73. The molecule has 0 radical (unpaired) electrons. The molecule has 0 aromatic carbocycles. The summed E-state index contributed by atoms with van der Waals surface area (Å²) in [6.45, 7) is -4.17. The van der Waals surface area contributed by atoms with Crippen molar-refractivity contribution in [1.29, 1.82) is 0 Å². The first-order valence-corrected chi connectivity index (χ1v) is 16.6. The molecule has 4 rings (SSSR count). The number of carboxylic acids is 2. The van der Waals surface area contributed by atoms with E-state index in [9.17, 15) is 86.2 Å². The van der Waals surface area contributed by atoms with Crippen molar-refractivity contribution >= 4 is 11.9 Å². The Hall–Kier alpha value is -1.90. The van der Waals surface area contributed by atoms with Gasteiger partial charge in [-0.05, 0) is 0 Å². The summed E-state index contributed by atoms with van der Waals surface area (Å²) in [6.07, 6.45) is -37.7. The molecule has 0 aromatic heterocycles. The molecule has 4 aliphatic heterocycles. The molecule has 54 heavy (non-hydrogen) atoms. The zero-order valence-corrected chi connectivity index (χ0v) is 28.4. The number of aliphatic hydroxyl groups excluding tert-OH is 13. The number of hydrogen-bond acceptors (Lipinski definition) is 23. The molecular weight excluding hydrogens is 748 g/mol. The minimum Gasteiger partial charge on any atom is -0.477 e. The highest BCUT2D eigenvalue weighted by Gasteiger charge is 2.62.